The first-order valence-corrected chi connectivity index (χ1v) is 8.82. The van der Waals surface area contributed by atoms with E-state index < -0.39 is 5.97 Å². The summed E-state index contributed by atoms with van der Waals surface area (Å²) in [4.78, 5) is 24.3. The number of hydrogen-bond donors (Lipinski definition) is 2. The minimum Gasteiger partial charge on any atom is -0.493 e. The van der Waals surface area contributed by atoms with Gasteiger partial charge in [-0.2, -0.15) is 0 Å². The number of hydrogen-bond acceptors (Lipinski definition) is 7. The number of rotatable bonds is 6. The van der Waals surface area contributed by atoms with Crippen LogP contribution < -0.4 is 29.6 Å². The average Bonchev–Trinajstić information content (AvgIpc) is 3.04. The van der Waals surface area contributed by atoms with Gasteiger partial charge in [-0.1, -0.05) is 6.07 Å². The Morgan fingerprint density at radius 3 is 2.17 bits per heavy atom. The molecule has 0 unspecified atom stereocenters. The number of carbonyl (C=O) groups excluding carboxylic acids is 2. The van der Waals surface area contributed by atoms with Gasteiger partial charge in [-0.15, -0.1) is 0 Å². The van der Waals surface area contributed by atoms with Crippen LogP contribution in [0.15, 0.2) is 42.1 Å². The standard InChI is InChI=1S/C20H18N2O6S/c1-25-14-7-5-12(10-17(14)27-3)19(24)28-15-6-4-11(9-16(15)26-2)8-13-18(23)22-20(29)21-13/h4-10H,1-3H3,(H2,21,22,23,29)/b13-8-. The molecular weight excluding hydrogens is 396 g/mol. The second kappa shape index (κ2) is 8.61. The number of carbonyl (C=O) groups is 2. The predicted molar refractivity (Wildman–Crippen MR) is 109 cm³/mol. The van der Waals surface area contributed by atoms with Crippen molar-refractivity contribution in [2.24, 2.45) is 0 Å². The largest absolute Gasteiger partial charge is 0.493 e. The number of ether oxygens (including phenoxy) is 4. The lowest BCUT2D eigenvalue weighted by atomic mass is 10.1. The molecule has 29 heavy (non-hydrogen) atoms. The molecule has 0 spiro atoms. The summed E-state index contributed by atoms with van der Waals surface area (Å²) in [7, 11) is 4.45. The lowest BCUT2D eigenvalue weighted by Crippen LogP contribution is -2.21. The molecule has 2 aromatic carbocycles. The Labute approximate surface area is 172 Å². The van der Waals surface area contributed by atoms with Crippen LogP contribution in [-0.2, 0) is 4.79 Å². The molecule has 1 fully saturated rings. The van der Waals surface area contributed by atoms with E-state index in [9.17, 15) is 9.59 Å². The predicted octanol–water partition coefficient (Wildman–Crippen LogP) is 2.28. The highest BCUT2D eigenvalue weighted by Crippen LogP contribution is 2.31. The van der Waals surface area contributed by atoms with Crippen molar-refractivity contribution in [2.75, 3.05) is 21.3 Å². The summed E-state index contributed by atoms with van der Waals surface area (Å²) in [5.41, 5.74) is 1.26. The van der Waals surface area contributed by atoms with Gasteiger partial charge in [-0.25, -0.2) is 4.79 Å². The zero-order valence-corrected chi connectivity index (χ0v) is 16.7. The molecule has 0 aromatic heterocycles. The Bertz CT molecular complexity index is 1020. The van der Waals surface area contributed by atoms with Crippen LogP contribution in [0.25, 0.3) is 6.08 Å². The van der Waals surface area contributed by atoms with Gasteiger partial charge in [-0.05, 0) is 54.2 Å². The number of nitrogens with one attached hydrogen (secondary N) is 2. The third-order valence-electron chi connectivity index (χ3n) is 4.04. The molecule has 1 amide bonds. The molecule has 0 bridgehead atoms. The van der Waals surface area contributed by atoms with E-state index in [-0.39, 0.29) is 22.3 Å². The maximum Gasteiger partial charge on any atom is 0.343 e. The van der Waals surface area contributed by atoms with E-state index in [0.29, 0.717) is 28.5 Å². The van der Waals surface area contributed by atoms with Crippen LogP contribution in [0.2, 0.25) is 0 Å². The summed E-state index contributed by atoms with van der Waals surface area (Å²) in [5, 5.41) is 5.49. The first-order valence-electron chi connectivity index (χ1n) is 8.41. The van der Waals surface area contributed by atoms with Gasteiger partial charge < -0.3 is 24.3 Å². The van der Waals surface area contributed by atoms with E-state index in [4.69, 9.17) is 31.2 Å². The Morgan fingerprint density at radius 2 is 1.55 bits per heavy atom. The monoisotopic (exact) mass is 414 g/mol. The topological polar surface area (TPSA) is 95.1 Å². The average molecular weight is 414 g/mol. The number of methoxy groups -OCH3 is 3. The number of benzene rings is 2. The van der Waals surface area contributed by atoms with E-state index >= 15 is 0 Å². The molecule has 1 heterocycles. The van der Waals surface area contributed by atoms with Gasteiger partial charge >= 0.3 is 5.97 Å². The quantitative estimate of drug-likeness (QED) is 0.322. The van der Waals surface area contributed by atoms with Crippen molar-refractivity contribution in [3.8, 4) is 23.0 Å². The molecule has 0 radical (unpaired) electrons. The van der Waals surface area contributed by atoms with Gasteiger partial charge in [0.05, 0.1) is 26.9 Å². The van der Waals surface area contributed by atoms with Crippen molar-refractivity contribution in [2.45, 2.75) is 0 Å². The zero-order valence-electron chi connectivity index (χ0n) is 15.9. The fraction of sp³-hybridized carbons (Fsp3) is 0.150. The molecular formula is C20H18N2O6S. The lowest BCUT2D eigenvalue weighted by molar-refractivity contribution is -0.115. The maximum absolute atomic E-state index is 12.5. The van der Waals surface area contributed by atoms with Crippen LogP contribution in [0.1, 0.15) is 15.9 Å². The van der Waals surface area contributed by atoms with Crippen LogP contribution in [0, 0.1) is 0 Å². The summed E-state index contributed by atoms with van der Waals surface area (Å²) in [5.74, 6) is 0.567. The van der Waals surface area contributed by atoms with E-state index in [2.05, 4.69) is 10.6 Å². The molecule has 2 N–H and O–H groups in total. The Morgan fingerprint density at radius 1 is 0.897 bits per heavy atom. The maximum atomic E-state index is 12.5. The highest BCUT2D eigenvalue weighted by atomic mass is 32.1. The van der Waals surface area contributed by atoms with Crippen molar-refractivity contribution in [3.05, 3.63) is 53.2 Å². The van der Waals surface area contributed by atoms with Gasteiger partial charge in [0.25, 0.3) is 5.91 Å². The summed E-state index contributed by atoms with van der Waals surface area (Å²) in [6.45, 7) is 0. The van der Waals surface area contributed by atoms with Crippen LogP contribution in [0.5, 0.6) is 23.0 Å². The highest BCUT2D eigenvalue weighted by molar-refractivity contribution is 7.80. The summed E-state index contributed by atoms with van der Waals surface area (Å²) in [6.07, 6.45) is 1.61. The summed E-state index contributed by atoms with van der Waals surface area (Å²) >= 11 is 4.90. The van der Waals surface area contributed by atoms with E-state index in [1.807, 2.05) is 0 Å². The third kappa shape index (κ3) is 4.46. The minimum absolute atomic E-state index is 0.230. The molecule has 150 valence electrons. The zero-order chi connectivity index (χ0) is 21.0. The van der Waals surface area contributed by atoms with Crippen LogP contribution in [0.4, 0.5) is 0 Å². The van der Waals surface area contributed by atoms with E-state index in [1.165, 1.54) is 27.4 Å². The smallest absolute Gasteiger partial charge is 0.343 e. The highest BCUT2D eigenvalue weighted by Gasteiger charge is 2.20. The summed E-state index contributed by atoms with van der Waals surface area (Å²) in [6, 6.07) is 9.62. The van der Waals surface area contributed by atoms with Crippen LogP contribution >= 0.6 is 12.2 Å². The van der Waals surface area contributed by atoms with Gasteiger partial charge in [0.15, 0.2) is 28.1 Å². The molecule has 0 aliphatic carbocycles. The van der Waals surface area contributed by atoms with E-state index in [1.54, 1.807) is 36.4 Å². The molecule has 0 saturated carbocycles. The molecule has 0 atom stereocenters. The second-order valence-electron chi connectivity index (χ2n) is 5.84. The first-order chi connectivity index (χ1) is 13.9. The molecule has 1 saturated heterocycles. The van der Waals surface area contributed by atoms with Gasteiger partial charge in [0.1, 0.15) is 5.70 Å². The van der Waals surface area contributed by atoms with Crippen LogP contribution in [0.3, 0.4) is 0 Å². The second-order valence-corrected chi connectivity index (χ2v) is 6.24. The molecule has 1 aliphatic rings. The van der Waals surface area contributed by atoms with Crippen molar-refractivity contribution in [3.63, 3.8) is 0 Å². The Balaban J connectivity index is 1.82. The fourth-order valence-electron chi connectivity index (χ4n) is 2.63. The number of amides is 1. The third-order valence-corrected chi connectivity index (χ3v) is 4.24. The van der Waals surface area contributed by atoms with Crippen molar-refractivity contribution in [1.29, 1.82) is 0 Å². The molecule has 3 rings (SSSR count). The molecule has 1 aliphatic heterocycles. The summed E-state index contributed by atoms with van der Waals surface area (Å²) < 4.78 is 21.1. The molecule has 2 aromatic rings. The minimum atomic E-state index is -0.586. The van der Waals surface area contributed by atoms with Gasteiger partial charge in [0, 0.05) is 0 Å². The van der Waals surface area contributed by atoms with Crippen molar-refractivity contribution < 1.29 is 28.5 Å². The van der Waals surface area contributed by atoms with Gasteiger partial charge in [0.2, 0.25) is 0 Å². The SMILES string of the molecule is COc1ccc(C(=O)Oc2ccc(/C=C3\NC(=S)NC3=O)cc2OC)cc1OC. The fourth-order valence-corrected chi connectivity index (χ4v) is 2.83. The Hall–Kier alpha value is -3.59. The lowest BCUT2D eigenvalue weighted by Gasteiger charge is -2.12. The van der Waals surface area contributed by atoms with Crippen molar-refractivity contribution >= 4 is 35.3 Å². The Kier molecular flexibility index (Phi) is 5.99. The normalized spacial score (nSPS) is 14.2. The van der Waals surface area contributed by atoms with Gasteiger partial charge in [-0.3, -0.25) is 10.1 Å². The number of esters is 1. The number of thiocarbonyl (C=S) groups is 1. The van der Waals surface area contributed by atoms with Crippen molar-refractivity contribution in [1.82, 2.24) is 10.6 Å². The first kappa shape index (κ1) is 20.2. The van der Waals surface area contributed by atoms with Crippen LogP contribution in [-0.4, -0.2) is 38.3 Å². The van der Waals surface area contributed by atoms with E-state index in [0.717, 1.165) is 0 Å². The molecule has 9 heteroatoms. The molecule has 8 nitrogen and oxygen atoms in total.